The van der Waals surface area contributed by atoms with Crippen LogP contribution in [0.4, 0.5) is 0 Å². The van der Waals surface area contributed by atoms with Gasteiger partial charge in [-0.25, -0.2) is 4.98 Å². The molecule has 0 saturated carbocycles. The van der Waals surface area contributed by atoms with Crippen molar-refractivity contribution in [1.29, 1.82) is 0 Å². The second-order valence-corrected chi connectivity index (χ2v) is 5.28. The van der Waals surface area contributed by atoms with Gasteiger partial charge in [-0.2, -0.15) is 0 Å². The molecule has 0 radical (unpaired) electrons. The van der Waals surface area contributed by atoms with Crippen LogP contribution >= 0.6 is 0 Å². The molecule has 0 aliphatic carbocycles. The third kappa shape index (κ3) is 1.47. The van der Waals surface area contributed by atoms with Crippen molar-refractivity contribution in [2.24, 2.45) is 0 Å². The first-order valence-electron chi connectivity index (χ1n) is 6.43. The van der Waals surface area contributed by atoms with E-state index < -0.39 is 0 Å². The SMILES string of the molecule is c1cc2c(cn1)ncn2[C@H]1C[C@H]2CC[C@@H](C1)N2. The number of rotatable bonds is 1. The van der Waals surface area contributed by atoms with Gasteiger partial charge in [-0.3, -0.25) is 4.98 Å². The van der Waals surface area contributed by atoms with Gasteiger partial charge in [0.1, 0.15) is 5.52 Å². The molecular formula is C13H16N4. The minimum absolute atomic E-state index is 0.612. The Morgan fingerprint density at radius 3 is 2.88 bits per heavy atom. The van der Waals surface area contributed by atoms with Gasteiger partial charge in [-0.05, 0) is 31.7 Å². The van der Waals surface area contributed by atoms with E-state index in [1.165, 1.54) is 31.2 Å². The molecule has 0 aromatic carbocycles. The summed E-state index contributed by atoms with van der Waals surface area (Å²) in [5.74, 6) is 0. The maximum absolute atomic E-state index is 4.44. The summed E-state index contributed by atoms with van der Waals surface area (Å²) in [7, 11) is 0. The predicted octanol–water partition coefficient (Wildman–Crippen LogP) is 1.89. The lowest BCUT2D eigenvalue weighted by Crippen LogP contribution is -2.38. The van der Waals surface area contributed by atoms with Crippen LogP contribution in [-0.4, -0.2) is 26.6 Å². The molecule has 4 rings (SSSR count). The molecule has 4 heterocycles. The molecule has 2 fully saturated rings. The van der Waals surface area contributed by atoms with E-state index in [0.717, 1.165) is 17.6 Å². The van der Waals surface area contributed by atoms with Gasteiger partial charge < -0.3 is 9.88 Å². The molecule has 2 bridgehead atoms. The molecule has 4 heteroatoms. The Bertz CT molecular complexity index is 535. The minimum atomic E-state index is 0.612. The van der Waals surface area contributed by atoms with Crippen molar-refractivity contribution in [3.8, 4) is 0 Å². The summed E-state index contributed by atoms with van der Waals surface area (Å²) in [6, 6.07) is 4.13. The second kappa shape index (κ2) is 3.53. The summed E-state index contributed by atoms with van der Waals surface area (Å²) >= 11 is 0. The molecule has 1 N–H and O–H groups in total. The summed E-state index contributed by atoms with van der Waals surface area (Å²) < 4.78 is 2.35. The highest BCUT2D eigenvalue weighted by molar-refractivity contribution is 5.73. The molecule has 17 heavy (non-hydrogen) atoms. The summed E-state index contributed by atoms with van der Waals surface area (Å²) in [5.41, 5.74) is 2.24. The molecule has 0 unspecified atom stereocenters. The average Bonchev–Trinajstić information content (AvgIpc) is 2.93. The van der Waals surface area contributed by atoms with Crippen LogP contribution in [0.15, 0.2) is 24.8 Å². The lowest BCUT2D eigenvalue weighted by Gasteiger charge is -2.30. The Morgan fingerprint density at radius 2 is 2.06 bits per heavy atom. The zero-order chi connectivity index (χ0) is 11.2. The van der Waals surface area contributed by atoms with Gasteiger partial charge in [0.05, 0.1) is 18.0 Å². The van der Waals surface area contributed by atoms with Crippen molar-refractivity contribution in [1.82, 2.24) is 19.9 Å². The van der Waals surface area contributed by atoms with E-state index >= 15 is 0 Å². The highest BCUT2D eigenvalue weighted by Gasteiger charge is 2.34. The molecule has 2 aromatic heterocycles. The summed E-state index contributed by atoms with van der Waals surface area (Å²) in [5, 5.41) is 3.68. The summed E-state index contributed by atoms with van der Waals surface area (Å²) in [6.45, 7) is 0. The quantitative estimate of drug-likeness (QED) is 0.810. The van der Waals surface area contributed by atoms with Crippen molar-refractivity contribution in [2.75, 3.05) is 0 Å². The monoisotopic (exact) mass is 228 g/mol. The number of hydrogen-bond acceptors (Lipinski definition) is 3. The zero-order valence-electron chi connectivity index (χ0n) is 9.71. The highest BCUT2D eigenvalue weighted by Crippen LogP contribution is 2.35. The Labute approximate surface area is 100 Å². The lowest BCUT2D eigenvalue weighted by atomic mass is 9.99. The molecule has 2 aromatic rings. The van der Waals surface area contributed by atoms with Crippen LogP contribution in [0, 0.1) is 0 Å². The van der Waals surface area contributed by atoms with E-state index in [2.05, 4.69) is 25.9 Å². The largest absolute Gasteiger partial charge is 0.327 e. The van der Waals surface area contributed by atoms with Crippen LogP contribution in [0.25, 0.3) is 11.0 Å². The minimum Gasteiger partial charge on any atom is -0.327 e. The molecule has 2 saturated heterocycles. The second-order valence-electron chi connectivity index (χ2n) is 5.28. The number of aromatic nitrogens is 3. The Hall–Kier alpha value is -1.42. The Morgan fingerprint density at radius 1 is 1.24 bits per heavy atom. The third-order valence-electron chi connectivity index (χ3n) is 4.22. The van der Waals surface area contributed by atoms with Crippen molar-refractivity contribution in [3.05, 3.63) is 24.8 Å². The first-order chi connectivity index (χ1) is 8.40. The molecule has 4 nitrogen and oxygen atoms in total. The van der Waals surface area contributed by atoms with Crippen LogP contribution in [0.5, 0.6) is 0 Å². The van der Waals surface area contributed by atoms with Crippen molar-refractivity contribution < 1.29 is 0 Å². The van der Waals surface area contributed by atoms with Gasteiger partial charge in [0, 0.05) is 24.3 Å². The third-order valence-corrected chi connectivity index (χ3v) is 4.22. The van der Waals surface area contributed by atoms with E-state index in [4.69, 9.17) is 0 Å². The first-order valence-corrected chi connectivity index (χ1v) is 6.43. The van der Waals surface area contributed by atoms with Gasteiger partial charge in [-0.1, -0.05) is 0 Å². The lowest BCUT2D eigenvalue weighted by molar-refractivity contribution is 0.303. The maximum atomic E-state index is 4.44. The first kappa shape index (κ1) is 9.59. The topological polar surface area (TPSA) is 42.7 Å². The molecule has 88 valence electrons. The Kier molecular flexibility index (Phi) is 1.99. The van der Waals surface area contributed by atoms with Crippen molar-refractivity contribution in [2.45, 2.75) is 43.8 Å². The maximum Gasteiger partial charge on any atom is 0.107 e. The normalized spacial score (nSPS) is 32.1. The van der Waals surface area contributed by atoms with E-state index in [1.54, 1.807) is 0 Å². The fourth-order valence-electron chi connectivity index (χ4n) is 3.43. The smallest absolute Gasteiger partial charge is 0.107 e. The number of hydrogen-bond donors (Lipinski definition) is 1. The number of imidazole rings is 1. The molecule has 0 amide bonds. The molecular weight excluding hydrogens is 212 g/mol. The predicted molar refractivity (Wildman–Crippen MR) is 65.7 cm³/mol. The molecule has 2 aliphatic rings. The van der Waals surface area contributed by atoms with E-state index in [9.17, 15) is 0 Å². The fraction of sp³-hybridized carbons (Fsp3) is 0.538. The average molecular weight is 228 g/mol. The van der Waals surface area contributed by atoms with E-state index in [1.807, 2.05) is 18.7 Å². The molecule has 3 atom stereocenters. The van der Waals surface area contributed by atoms with Gasteiger partial charge in [0.2, 0.25) is 0 Å². The Balaban J connectivity index is 1.74. The molecule has 0 spiro atoms. The van der Waals surface area contributed by atoms with Crippen molar-refractivity contribution >= 4 is 11.0 Å². The number of fused-ring (bicyclic) bond motifs is 3. The standard InChI is InChI=1S/C13H16N4/c1-2-10-6-11(5-9(1)16-10)17-8-15-12-7-14-4-3-13(12)17/h3-4,7-11,16H,1-2,5-6H2/t9-,10+,11+. The van der Waals surface area contributed by atoms with Crippen LogP contribution < -0.4 is 5.32 Å². The number of nitrogens with one attached hydrogen (secondary N) is 1. The van der Waals surface area contributed by atoms with Crippen LogP contribution in [-0.2, 0) is 0 Å². The summed E-state index contributed by atoms with van der Waals surface area (Å²) in [6.07, 6.45) is 10.9. The van der Waals surface area contributed by atoms with E-state index in [-0.39, 0.29) is 0 Å². The number of piperidine rings is 1. The number of pyridine rings is 1. The van der Waals surface area contributed by atoms with Gasteiger partial charge in [-0.15, -0.1) is 0 Å². The summed E-state index contributed by atoms with van der Waals surface area (Å²) in [4.78, 5) is 8.57. The molecule has 2 aliphatic heterocycles. The van der Waals surface area contributed by atoms with Crippen LogP contribution in [0.3, 0.4) is 0 Å². The fourth-order valence-corrected chi connectivity index (χ4v) is 3.43. The van der Waals surface area contributed by atoms with Crippen molar-refractivity contribution in [3.63, 3.8) is 0 Å². The number of nitrogens with zero attached hydrogens (tertiary/aromatic N) is 3. The van der Waals surface area contributed by atoms with Crippen LogP contribution in [0.1, 0.15) is 31.7 Å². The van der Waals surface area contributed by atoms with Gasteiger partial charge >= 0.3 is 0 Å². The van der Waals surface area contributed by atoms with Gasteiger partial charge in [0.15, 0.2) is 0 Å². The van der Waals surface area contributed by atoms with Gasteiger partial charge in [0.25, 0.3) is 0 Å². The van der Waals surface area contributed by atoms with E-state index in [0.29, 0.717) is 6.04 Å². The zero-order valence-corrected chi connectivity index (χ0v) is 9.71. The highest BCUT2D eigenvalue weighted by atomic mass is 15.1. The van der Waals surface area contributed by atoms with Crippen LogP contribution in [0.2, 0.25) is 0 Å².